The summed E-state index contributed by atoms with van der Waals surface area (Å²) in [6.07, 6.45) is 6.20. The molecule has 0 unspecified atom stereocenters. The number of rotatable bonds is 5. The molecule has 0 radical (unpaired) electrons. The normalized spacial score (nSPS) is 29.3. The van der Waals surface area contributed by atoms with Crippen molar-refractivity contribution in [2.24, 2.45) is 5.41 Å². The molecule has 3 N–H and O–H groups in total. The van der Waals surface area contributed by atoms with Crippen molar-refractivity contribution in [3.8, 4) is 0 Å². The van der Waals surface area contributed by atoms with Gasteiger partial charge in [-0.05, 0) is 31.1 Å². The van der Waals surface area contributed by atoms with Crippen LogP contribution in [0.15, 0.2) is 0 Å². The minimum atomic E-state index is -0.811. The van der Waals surface area contributed by atoms with Gasteiger partial charge in [-0.1, -0.05) is 19.3 Å². The van der Waals surface area contributed by atoms with E-state index in [1.54, 1.807) is 0 Å². The number of aliphatic hydroxyl groups excluding tert-OH is 1. The Morgan fingerprint density at radius 3 is 2.26 bits per heavy atom. The lowest BCUT2D eigenvalue weighted by Crippen LogP contribution is -2.48. The van der Waals surface area contributed by atoms with E-state index >= 15 is 0 Å². The van der Waals surface area contributed by atoms with E-state index in [0.717, 1.165) is 32.1 Å². The van der Waals surface area contributed by atoms with E-state index in [1.165, 1.54) is 0 Å². The van der Waals surface area contributed by atoms with Crippen LogP contribution in [0.2, 0.25) is 0 Å². The molecule has 5 heteroatoms. The third-order valence-electron chi connectivity index (χ3n) is 4.45. The van der Waals surface area contributed by atoms with Crippen molar-refractivity contribution in [1.82, 2.24) is 5.32 Å². The number of hydrogen-bond acceptors (Lipinski definition) is 3. The molecule has 0 saturated heterocycles. The fourth-order valence-electron chi connectivity index (χ4n) is 3.36. The number of carbonyl (C=O) groups excluding carboxylic acids is 1. The zero-order chi connectivity index (χ0) is 13.9. The second kappa shape index (κ2) is 5.90. The van der Waals surface area contributed by atoms with E-state index in [0.29, 0.717) is 19.3 Å². The Hall–Kier alpha value is -1.10. The van der Waals surface area contributed by atoms with Crippen molar-refractivity contribution >= 4 is 11.9 Å². The predicted molar refractivity (Wildman–Crippen MR) is 69.6 cm³/mol. The number of carboxylic acid groups (broad SMARTS) is 1. The van der Waals surface area contributed by atoms with Gasteiger partial charge in [0.05, 0.1) is 12.5 Å². The molecule has 0 heterocycles. The van der Waals surface area contributed by atoms with Crippen molar-refractivity contribution in [1.29, 1.82) is 0 Å². The van der Waals surface area contributed by atoms with Gasteiger partial charge < -0.3 is 15.5 Å². The summed E-state index contributed by atoms with van der Waals surface area (Å²) in [7, 11) is 0. The highest BCUT2D eigenvalue weighted by molar-refractivity contribution is 5.78. The van der Waals surface area contributed by atoms with Crippen molar-refractivity contribution in [3.05, 3.63) is 0 Å². The molecule has 2 aliphatic rings. The van der Waals surface area contributed by atoms with E-state index in [4.69, 9.17) is 5.11 Å². The van der Waals surface area contributed by atoms with Crippen LogP contribution in [0.25, 0.3) is 0 Å². The summed E-state index contributed by atoms with van der Waals surface area (Å²) in [5.41, 5.74) is -0.351. The topological polar surface area (TPSA) is 86.6 Å². The second-order valence-electron chi connectivity index (χ2n) is 6.20. The van der Waals surface area contributed by atoms with Crippen molar-refractivity contribution < 1.29 is 19.8 Å². The quantitative estimate of drug-likeness (QED) is 0.705. The van der Waals surface area contributed by atoms with E-state index < -0.39 is 5.97 Å². The summed E-state index contributed by atoms with van der Waals surface area (Å²) in [5.74, 6) is -0.867. The third-order valence-corrected chi connectivity index (χ3v) is 4.45. The average molecular weight is 269 g/mol. The minimum absolute atomic E-state index is 0.0555. The maximum atomic E-state index is 12.0. The number of hydrogen-bond donors (Lipinski definition) is 3. The van der Waals surface area contributed by atoms with E-state index in [1.807, 2.05) is 0 Å². The molecule has 0 aromatic rings. The first kappa shape index (κ1) is 14.3. The molecule has 0 aliphatic heterocycles. The Morgan fingerprint density at radius 1 is 1.11 bits per heavy atom. The third kappa shape index (κ3) is 3.93. The first-order valence-corrected chi connectivity index (χ1v) is 7.18. The number of carboxylic acids is 1. The summed E-state index contributed by atoms with van der Waals surface area (Å²) in [4.78, 5) is 23.0. The molecular weight excluding hydrogens is 246 g/mol. The highest BCUT2D eigenvalue weighted by Crippen LogP contribution is 2.42. The average Bonchev–Trinajstić information content (AvgIpc) is 2.26. The molecule has 0 atom stereocenters. The lowest BCUT2D eigenvalue weighted by atomic mass is 9.69. The Labute approximate surface area is 113 Å². The molecule has 0 spiro atoms. The summed E-state index contributed by atoms with van der Waals surface area (Å²) in [6, 6.07) is 0.0768. The molecule has 0 bridgehead atoms. The van der Waals surface area contributed by atoms with Crippen LogP contribution in [-0.2, 0) is 9.59 Å². The zero-order valence-electron chi connectivity index (χ0n) is 11.2. The van der Waals surface area contributed by atoms with E-state index in [9.17, 15) is 14.7 Å². The van der Waals surface area contributed by atoms with Crippen LogP contribution in [-0.4, -0.2) is 34.2 Å². The van der Waals surface area contributed by atoms with E-state index in [-0.39, 0.29) is 29.9 Å². The summed E-state index contributed by atoms with van der Waals surface area (Å²) < 4.78 is 0. The lowest BCUT2D eigenvalue weighted by Gasteiger charge is -2.37. The Morgan fingerprint density at radius 2 is 1.74 bits per heavy atom. The number of nitrogens with one attached hydrogen (secondary N) is 1. The van der Waals surface area contributed by atoms with E-state index in [2.05, 4.69) is 5.32 Å². The molecule has 2 rings (SSSR count). The molecule has 108 valence electrons. The van der Waals surface area contributed by atoms with Gasteiger partial charge in [-0.25, -0.2) is 0 Å². The van der Waals surface area contributed by atoms with Crippen molar-refractivity contribution in [2.45, 2.75) is 69.9 Å². The highest BCUT2D eigenvalue weighted by Gasteiger charge is 2.37. The van der Waals surface area contributed by atoms with Crippen LogP contribution in [0.1, 0.15) is 57.8 Å². The summed E-state index contributed by atoms with van der Waals surface area (Å²) >= 11 is 0. The van der Waals surface area contributed by atoms with Gasteiger partial charge in [0.25, 0.3) is 0 Å². The Kier molecular flexibility index (Phi) is 4.45. The van der Waals surface area contributed by atoms with Crippen LogP contribution < -0.4 is 5.32 Å². The number of aliphatic carboxylic acids is 1. The fourth-order valence-corrected chi connectivity index (χ4v) is 3.36. The van der Waals surface area contributed by atoms with Gasteiger partial charge in [0.2, 0.25) is 5.91 Å². The maximum absolute atomic E-state index is 12.0. The number of aliphatic hydroxyl groups is 1. The molecule has 2 fully saturated rings. The molecule has 19 heavy (non-hydrogen) atoms. The monoisotopic (exact) mass is 269 g/mol. The molecule has 0 aromatic heterocycles. The fraction of sp³-hybridized carbons (Fsp3) is 0.857. The largest absolute Gasteiger partial charge is 0.481 e. The highest BCUT2D eigenvalue weighted by atomic mass is 16.4. The molecule has 1 amide bonds. The predicted octanol–water partition coefficient (Wildman–Crippen LogP) is 1.44. The van der Waals surface area contributed by atoms with Gasteiger partial charge in [0.1, 0.15) is 0 Å². The second-order valence-corrected chi connectivity index (χ2v) is 6.20. The lowest BCUT2D eigenvalue weighted by molar-refractivity contribution is -0.141. The first-order valence-electron chi connectivity index (χ1n) is 7.18. The van der Waals surface area contributed by atoms with Gasteiger partial charge >= 0.3 is 5.97 Å². The number of carbonyl (C=O) groups is 2. The maximum Gasteiger partial charge on any atom is 0.303 e. The summed E-state index contributed by atoms with van der Waals surface area (Å²) in [5, 5.41) is 21.1. The SMILES string of the molecule is O=C(O)CC1(CC(=O)NC2CC(O)C2)CCCCC1. The molecule has 2 saturated carbocycles. The van der Waals surface area contributed by atoms with Crippen LogP contribution in [0, 0.1) is 5.41 Å². The Bertz CT molecular complexity index is 343. The number of amides is 1. The molecule has 5 nitrogen and oxygen atoms in total. The van der Waals surface area contributed by atoms with Gasteiger partial charge in [0.15, 0.2) is 0 Å². The van der Waals surface area contributed by atoms with Crippen molar-refractivity contribution in [3.63, 3.8) is 0 Å². The summed E-state index contributed by atoms with van der Waals surface area (Å²) in [6.45, 7) is 0. The van der Waals surface area contributed by atoms with Gasteiger partial charge in [-0.15, -0.1) is 0 Å². The van der Waals surface area contributed by atoms with Gasteiger partial charge in [0, 0.05) is 12.5 Å². The van der Waals surface area contributed by atoms with Crippen LogP contribution in [0.5, 0.6) is 0 Å². The molecular formula is C14H23NO4. The van der Waals surface area contributed by atoms with Gasteiger partial charge in [-0.3, -0.25) is 9.59 Å². The van der Waals surface area contributed by atoms with Crippen LogP contribution in [0.4, 0.5) is 0 Å². The van der Waals surface area contributed by atoms with Crippen LogP contribution >= 0.6 is 0 Å². The van der Waals surface area contributed by atoms with Crippen LogP contribution in [0.3, 0.4) is 0 Å². The standard InChI is InChI=1S/C14H23NO4/c16-11-6-10(7-11)15-12(17)8-14(9-13(18)19)4-2-1-3-5-14/h10-11,16H,1-9H2,(H,15,17)(H,18,19). The minimum Gasteiger partial charge on any atom is -0.481 e. The Balaban J connectivity index is 1.87. The first-order chi connectivity index (χ1) is 8.99. The zero-order valence-corrected chi connectivity index (χ0v) is 11.2. The molecule has 0 aromatic carbocycles. The smallest absolute Gasteiger partial charge is 0.303 e. The van der Waals surface area contributed by atoms with Crippen molar-refractivity contribution in [2.75, 3.05) is 0 Å². The van der Waals surface area contributed by atoms with Gasteiger partial charge in [-0.2, -0.15) is 0 Å². The molecule has 2 aliphatic carbocycles.